The predicted molar refractivity (Wildman–Crippen MR) is 89.3 cm³/mol. The zero-order valence-corrected chi connectivity index (χ0v) is 15.1. The summed E-state index contributed by atoms with van der Waals surface area (Å²) < 4.78 is 63.8. The highest BCUT2D eigenvalue weighted by Crippen LogP contribution is 2.33. The second kappa shape index (κ2) is 7.37. The summed E-state index contributed by atoms with van der Waals surface area (Å²) >= 11 is 0. The number of hydrogen-bond donors (Lipinski definition) is 0. The number of ether oxygens (including phenoxy) is 2. The first-order valence-corrected chi connectivity index (χ1v) is 8.81. The van der Waals surface area contributed by atoms with E-state index in [-0.39, 0.29) is 10.6 Å². The van der Waals surface area contributed by atoms with Crippen LogP contribution in [-0.4, -0.2) is 34.0 Å². The van der Waals surface area contributed by atoms with Crippen LogP contribution in [0.15, 0.2) is 41.3 Å². The van der Waals surface area contributed by atoms with E-state index in [2.05, 4.69) is 0 Å². The van der Waals surface area contributed by atoms with Crippen molar-refractivity contribution in [3.8, 4) is 11.5 Å². The molecule has 0 amide bonds. The minimum atomic E-state index is -3.97. The molecule has 136 valence electrons. The van der Waals surface area contributed by atoms with Crippen molar-refractivity contribution in [2.75, 3.05) is 21.3 Å². The second-order valence-electron chi connectivity index (χ2n) is 5.39. The van der Waals surface area contributed by atoms with E-state index >= 15 is 0 Å². The van der Waals surface area contributed by atoms with Crippen molar-refractivity contribution < 1.29 is 26.7 Å². The summed E-state index contributed by atoms with van der Waals surface area (Å²) in [7, 11) is 0.172. The van der Waals surface area contributed by atoms with Gasteiger partial charge in [0.2, 0.25) is 10.0 Å². The molecule has 0 saturated carbocycles. The van der Waals surface area contributed by atoms with Crippen molar-refractivity contribution in [2.45, 2.75) is 17.9 Å². The van der Waals surface area contributed by atoms with Crippen LogP contribution in [0.25, 0.3) is 0 Å². The number of hydrogen-bond acceptors (Lipinski definition) is 4. The van der Waals surface area contributed by atoms with Crippen LogP contribution in [0.4, 0.5) is 8.78 Å². The van der Waals surface area contributed by atoms with Crippen LogP contribution in [0.2, 0.25) is 0 Å². The lowest BCUT2D eigenvalue weighted by molar-refractivity contribution is 0.375. The Kier molecular flexibility index (Phi) is 5.64. The molecule has 0 radical (unpaired) electrons. The zero-order valence-electron chi connectivity index (χ0n) is 14.3. The van der Waals surface area contributed by atoms with Crippen molar-refractivity contribution in [1.82, 2.24) is 4.31 Å². The molecule has 0 fully saturated rings. The molecule has 1 atom stereocenters. The van der Waals surface area contributed by atoms with Crippen molar-refractivity contribution in [3.63, 3.8) is 0 Å². The van der Waals surface area contributed by atoms with Gasteiger partial charge in [0.25, 0.3) is 0 Å². The fourth-order valence-electron chi connectivity index (χ4n) is 2.33. The minimum absolute atomic E-state index is 0.0775. The molecule has 8 heteroatoms. The summed E-state index contributed by atoms with van der Waals surface area (Å²) in [5.41, 5.74) is 0.326. The van der Waals surface area contributed by atoms with Crippen molar-refractivity contribution in [1.29, 1.82) is 0 Å². The Morgan fingerprint density at radius 3 is 2.24 bits per heavy atom. The van der Waals surface area contributed by atoms with E-state index in [1.54, 1.807) is 13.0 Å². The van der Waals surface area contributed by atoms with Gasteiger partial charge in [-0.15, -0.1) is 0 Å². The van der Waals surface area contributed by atoms with Crippen LogP contribution >= 0.6 is 0 Å². The number of halogens is 2. The van der Waals surface area contributed by atoms with Gasteiger partial charge in [-0.05, 0) is 36.8 Å². The third-order valence-electron chi connectivity index (χ3n) is 4.00. The predicted octanol–water partition coefficient (Wildman–Crippen LogP) is 3.36. The topological polar surface area (TPSA) is 55.8 Å². The van der Waals surface area contributed by atoms with Gasteiger partial charge in [-0.3, -0.25) is 0 Å². The summed E-state index contributed by atoms with van der Waals surface area (Å²) in [6.07, 6.45) is 0. The highest BCUT2D eigenvalue weighted by molar-refractivity contribution is 7.89. The smallest absolute Gasteiger partial charge is 0.247 e. The summed E-state index contributed by atoms with van der Waals surface area (Å²) in [6, 6.07) is 6.98. The maximum absolute atomic E-state index is 13.5. The molecule has 0 aromatic heterocycles. The van der Waals surface area contributed by atoms with Gasteiger partial charge in [0.05, 0.1) is 14.2 Å². The van der Waals surface area contributed by atoms with Gasteiger partial charge in [-0.1, -0.05) is 6.07 Å². The maximum atomic E-state index is 13.5. The first-order valence-electron chi connectivity index (χ1n) is 7.37. The molecule has 5 nitrogen and oxygen atoms in total. The summed E-state index contributed by atoms with van der Waals surface area (Å²) in [6.45, 7) is 1.58. The summed E-state index contributed by atoms with van der Waals surface area (Å²) in [4.78, 5) is -0.0775. The molecule has 0 bridgehead atoms. The quantitative estimate of drug-likeness (QED) is 0.781. The second-order valence-corrected chi connectivity index (χ2v) is 7.35. The fraction of sp³-hybridized carbons (Fsp3) is 0.294. The lowest BCUT2D eigenvalue weighted by Crippen LogP contribution is -2.30. The Hall–Kier alpha value is -2.19. The highest BCUT2D eigenvalue weighted by Gasteiger charge is 2.30. The van der Waals surface area contributed by atoms with E-state index in [9.17, 15) is 17.2 Å². The molecular formula is C17H19F2NO4S. The molecule has 2 rings (SSSR count). The van der Waals surface area contributed by atoms with Gasteiger partial charge < -0.3 is 9.47 Å². The Morgan fingerprint density at radius 1 is 1.00 bits per heavy atom. The number of methoxy groups -OCH3 is 2. The summed E-state index contributed by atoms with van der Waals surface area (Å²) in [5, 5.41) is 0. The SMILES string of the molecule is COc1ccc(OC)c(S(=O)(=O)N(C)C(C)c2ccc(F)c(F)c2)c1. The average molecular weight is 371 g/mol. The van der Waals surface area contributed by atoms with Crippen molar-refractivity contribution >= 4 is 10.0 Å². The number of benzene rings is 2. The average Bonchev–Trinajstić information content (AvgIpc) is 2.62. The van der Waals surface area contributed by atoms with E-state index in [1.165, 1.54) is 39.5 Å². The number of nitrogens with zero attached hydrogens (tertiary/aromatic N) is 1. The first kappa shape index (κ1) is 19.1. The van der Waals surface area contributed by atoms with Crippen LogP contribution in [0.3, 0.4) is 0 Å². The van der Waals surface area contributed by atoms with Crippen LogP contribution in [0.5, 0.6) is 11.5 Å². The molecule has 0 aliphatic heterocycles. The standard InChI is InChI=1S/C17H19F2NO4S/c1-11(12-5-7-14(18)15(19)9-12)20(2)25(21,22)17-10-13(23-3)6-8-16(17)24-4/h5-11H,1-4H3. The highest BCUT2D eigenvalue weighted by atomic mass is 32.2. The van der Waals surface area contributed by atoms with Crippen LogP contribution in [-0.2, 0) is 10.0 Å². The Bertz CT molecular complexity index is 871. The van der Waals surface area contributed by atoms with Gasteiger partial charge in [0, 0.05) is 19.2 Å². The Balaban J connectivity index is 2.46. The molecule has 0 N–H and O–H groups in total. The fourth-order valence-corrected chi connectivity index (χ4v) is 3.85. The van der Waals surface area contributed by atoms with Crippen molar-refractivity contribution in [3.05, 3.63) is 53.6 Å². The third-order valence-corrected chi connectivity index (χ3v) is 5.95. The van der Waals surface area contributed by atoms with E-state index in [1.807, 2.05) is 0 Å². The molecule has 0 saturated heterocycles. The zero-order chi connectivity index (χ0) is 18.8. The molecule has 0 aliphatic carbocycles. The van der Waals surface area contributed by atoms with Gasteiger partial charge in [0.15, 0.2) is 11.6 Å². The maximum Gasteiger partial charge on any atom is 0.247 e. The van der Waals surface area contributed by atoms with Gasteiger partial charge in [-0.2, -0.15) is 4.31 Å². The first-order chi connectivity index (χ1) is 11.7. The van der Waals surface area contributed by atoms with E-state index in [0.717, 1.165) is 16.4 Å². The largest absolute Gasteiger partial charge is 0.497 e. The lowest BCUT2D eigenvalue weighted by atomic mass is 10.1. The van der Waals surface area contributed by atoms with E-state index < -0.39 is 27.7 Å². The van der Waals surface area contributed by atoms with E-state index in [4.69, 9.17) is 9.47 Å². The molecule has 0 spiro atoms. The lowest BCUT2D eigenvalue weighted by Gasteiger charge is -2.25. The number of sulfonamides is 1. The third kappa shape index (κ3) is 3.74. The Morgan fingerprint density at radius 2 is 1.68 bits per heavy atom. The number of rotatable bonds is 6. The Labute approximate surface area is 145 Å². The van der Waals surface area contributed by atoms with E-state index in [0.29, 0.717) is 11.3 Å². The molecule has 25 heavy (non-hydrogen) atoms. The molecule has 2 aromatic carbocycles. The molecular weight excluding hydrogens is 352 g/mol. The van der Waals surface area contributed by atoms with Crippen LogP contribution < -0.4 is 9.47 Å². The normalized spacial score (nSPS) is 12.9. The van der Waals surface area contributed by atoms with Gasteiger partial charge in [0.1, 0.15) is 16.4 Å². The minimum Gasteiger partial charge on any atom is -0.497 e. The van der Waals surface area contributed by atoms with Crippen LogP contribution in [0, 0.1) is 11.6 Å². The van der Waals surface area contributed by atoms with Gasteiger partial charge >= 0.3 is 0 Å². The molecule has 2 aromatic rings. The molecule has 0 heterocycles. The molecule has 0 aliphatic rings. The van der Waals surface area contributed by atoms with Gasteiger partial charge in [-0.25, -0.2) is 17.2 Å². The monoisotopic (exact) mass is 371 g/mol. The molecule has 1 unspecified atom stereocenters. The van der Waals surface area contributed by atoms with Crippen molar-refractivity contribution in [2.24, 2.45) is 0 Å². The summed E-state index contributed by atoms with van der Waals surface area (Å²) in [5.74, 6) is -1.51. The van der Waals surface area contributed by atoms with Crippen LogP contribution in [0.1, 0.15) is 18.5 Å².